The van der Waals surface area contributed by atoms with E-state index in [2.05, 4.69) is 20.6 Å². The highest BCUT2D eigenvalue weighted by molar-refractivity contribution is 6.03. The number of carbonyl (C=O) groups excluding carboxylic acids is 2. The number of hydrogen-bond acceptors (Lipinski definition) is 6. The molecule has 0 aliphatic rings. The maximum Gasteiger partial charge on any atom is 0.252 e. The third kappa shape index (κ3) is 3.36. The number of fused-ring (bicyclic) bond motifs is 1. The van der Waals surface area contributed by atoms with E-state index in [1.165, 1.54) is 24.5 Å². The van der Waals surface area contributed by atoms with Gasteiger partial charge in [0.1, 0.15) is 11.6 Å². The second kappa shape index (κ2) is 7.01. The molecule has 1 aromatic carbocycles. The van der Waals surface area contributed by atoms with Crippen LogP contribution in [0.2, 0.25) is 0 Å². The van der Waals surface area contributed by atoms with Crippen LogP contribution in [0.3, 0.4) is 0 Å². The first-order valence-corrected chi connectivity index (χ1v) is 7.58. The molecular weight excluding hydrogens is 339 g/mol. The first-order chi connectivity index (χ1) is 12.5. The summed E-state index contributed by atoms with van der Waals surface area (Å²) in [5.74, 6) is -1.61. The zero-order valence-electron chi connectivity index (χ0n) is 13.5. The van der Waals surface area contributed by atoms with E-state index in [1.54, 1.807) is 18.2 Å². The van der Waals surface area contributed by atoms with Gasteiger partial charge in [-0.05, 0) is 30.3 Å². The maximum atomic E-state index is 14.4. The van der Waals surface area contributed by atoms with E-state index in [-0.39, 0.29) is 29.0 Å². The average Bonchev–Trinajstić information content (AvgIpc) is 2.61. The minimum Gasteiger partial charge on any atom is -0.374 e. The number of nitrogens with zero attached hydrogens (tertiary/aromatic N) is 2. The van der Waals surface area contributed by atoms with Crippen LogP contribution in [0, 0.1) is 5.82 Å². The Morgan fingerprint density at radius 1 is 1.08 bits per heavy atom. The number of rotatable bonds is 6. The molecule has 6 N–H and O–H groups in total. The molecule has 3 rings (SSSR count). The largest absolute Gasteiger partial charge is 0.374 e. The molecule has 8 nitrogen and oxygen atoms in total. The number of anilines is 3. The molecular formula is C17H15FN6O2. The number of carbonyl (C=O) groups is 2. The van der Waals surface area contributed by atoms with Gasteiger partial charge in [-0.1, -0.05) is 0 Å². The summed E-state index contributed by atoms with van der Waals surface area (Å²) in [5.41, 5.74) is 11.7. The molecule has 0 fully saturated rings. The summed E-state index contributed by atoms with van der Waals surface area (Å²) in [5, 5.41) is 5.93. The second-order valence-electron chi connectivity index (χ2n) is 5.38. The smallest absolute Gasteiger partial charge is 0.252 e. The van der Waals surface area contributed by atoms with Crippen molar-refractivity contribution in [2.75, 3.05) is 17.2 Å². The summed E-state index contributed by atoms with van der Waals surface area (Å²) >= 11 is 0. The van der Waals surface area contributed by atoms with Crippen LogP contribution in [0.25, 0.3) is 10.9 Å². The van der Waals surface area contributed by atoms with Crippen LogP contribution in [-0.4, -0.2) is 28.3 Å². The van der Waals surface area contributed by atoms with Gasteiger partial charge in [0.25, 0.3) is 5.91 Å². The monoisotopic (exact) mass is 354 g/mol. The quantitative estimate of drug-likeness (QED) is 0.530. The van der Waals surface area contributed by atoms with Crippen molar-refractivity contribution in [3.05, 3.63) is 54.1 Å². The van der Waals surface area contributed by atoms with E-state index in [4.69, 9.17) is 11.5 Å². The van der Waals surface area contributed by atoms with E-state index in [1.807, 2.05) is 0 Å². The van der Waals surface area contributed by atoms with E-state index in [0.29, 0.717) is 11.2 Å². The van der Waals surface area contributed by atoms with Crippen LogP contribution in [0.15, 0.2) is 42.7 Å². The number of halogens is 1. The molecule has 0 spiro atoms. The molecule has 0 unspecified atom stereocenters. The number of benzene rings is 1. The molecule has 2 heterocycles. The first kappa shape index (κ1) is 17.1. The minimum absolute atomic E-state index is 0.167. The predicted octanol–water partition coefficient (Wildman–Crippen LogP) is 1.51. The number of primary amides is 2. The molecule has 132 valence electrons. The Balaban J connectivity index is 2.13. The fourth-order valence-corrected chi connectivity index (χ4v) is 2.50. The summed E-state index contributed by atoms with van der Waals surface area (Å²) in [4.78, 5) is 30.9. The molecule has 2 aromatic heterocycles. The molecule has 0 atom stereocenters. The SMILES string of the molecule is NC(=O)CNc1c(Nc2ncccc2C(N)=O)ccc2nccc(F)c12. The van der Waals surface area contributed by atoms with Gasteiger partial charge in [-0.3, -0.25) is 14.6 Å². The number of nitrogens with two attached hydrogens (primary N) is 2. The highest BCUT2D eigenvalue weighted by atomic mass is 19.1. The second-order valence-corrected chi connectivity index (χ2v) is 5.38. The molecule has 0 aliphatic heterocycles. The van der Waals surface area contributed by atoms with Gasteiger partial charge >= 0.3 is 0 Å². The van der Waals surface area contributed by atoms with Crippen LogP contribution in [0.4, 0.5) is 21.6 Å². The molecule has 0 saturated heterocycles. The Kier molecular flexibility index (Phi) is 4.61. The van der Waals surface area contributed by atoms with E-state index in [9.17, 15) is 14.0 Å². The van der Waals surface area contributed by atoms with Gasteiger partial charge in [-0.2, -0.15) is 0 Å². The Morgan fingerprint density at radius 3 is 2.62 bits per heavy atom. The van der Waals surface area contributed by atoms with Crippen molar-refractivity contribution in [1.29, 1.82) is 0 Å². The summed E-state index contributed by atoms with van der Waals surface area (Å²) in [7, 11) is 0. The Bertz CT molecular complexity index is 1010. The highest BCUT2D eigenvalue weighted by Gasteiger charge is 2.16. The van der Waals surface area contributed by atoms with Gasteiger partial charge in [-0.15, -0.1) is 0 Å². The fourth-order valence-electron chi connectivity index (χ4n) is 2.50. The Hall–Kier alpha value is -3.75. The van der Waals surface area contributed by atoms with Crippen molar-refractivity contribution in [3.63, 3.8) is 0 Å². The van der Waals surface area contributed by atoms with Crippen LogP contribution < -0.4 is 22.1 Å². The molecule has 0 radical (unpaired) electrons. The molecule has 0 saturated carbocycles. The lowest BCUT2D eigenvalue weighted by Gasteiger charge is -2.16. The minimum atomic E-state index is -0.666. The summed E-state index contributed by atoms with van der Waals surface area (Å²) < 4.78 is 14.4. The van der Waals surface area contributed by atoms with Crippen molar-refractivity contribution in [2.45, 2.75) is 0 Å². The Morgan fingerprint density at radius 2 is 1.88 bits per heavy atom. The standard InChI is InChI=1S/C17H15FN6O2/c18-10-5-7-21-11-3-4-12(15(14(10)11)23-8-13(19)25)24-17-9(16(20)26)2-1-6-22-17/h1-7,23H,8H2,(H2,19,25)(H2,20,26)(H,22,24). The third-order valence-corrected chi connectivity index (χ3v) is 3.62. The normalized spacial score (nSPS) is 10.5. The molecule has 0 aliphatic carbocycles. The van der Waals surface area contributed by atoms with Crippen molar-refractivity contribution in [3.8, 4) is 0 Å². The zero-order valence-corrected chi connectivity index (χ0v) is 13.5. The third-order valence-electron chi connectivity index (χ3n) is 3.62. The van der Waals surface area contributed by atoms with Gasteiger partial charge in [0.15, 0.2) is 0 Å². The van der Waals surface area contributed by atoms with Crippen molar-refractivity contribution in [1.82, 2.24) is 9.97 Å². The summed E-state index contributed by atoms with van der Waals surface area (Å²) in [6.07, 6.45) is 2.82. The van der Waals surface area contributed by atoms with Gasteiger partial charge < -0.3 is 22.1 Å². The molecule has 3 aromatic rings. The van der Waals surface area contributed by atoms with Gasteiger partial charge in [0, 0.05) is 12.4 Å². The highest BCUT2D eigenvalue weighted by Crippen LogP contribution is 2.34. The van der Waals surface area contributed by atoms with Crippen LogP contribution >= 0.6 is 0 Å². The Labute approximate surface area is 147 Å². The lowest BCUT2D eigenvalue weighted by atomic mass is 10.1. The summed E-state index contributed by atoms with van der Waals surface area (Å²) in [6.45, 7) is -0.215. The van der Waals surface area contributed by atoms with Gasteiger partial charge in [0.2, 0.25) is 5.91 Å². The number of amides is 2. The maximum absolute atomic E-state index is 14.4. The molecule has 9 heteroatoms. The summed E-state index contributed by atoms with van der Waals surface area (Å²) in [6, 6.07) is 7.51. The van der Waals surface area contributed by atoms with Crippen LogP contribution in [-0.2, 0) is 4.79 Å². The first-order valence-electron chi connectivity index (χ1n) is 7.58. The van der Waals surface area contributed by atoms with Gasteiger partial charge in [-0.25, -0.2) is 9.37 Å². The lowest BCUT2D eigenvalue weighted by Crippen LogP contribution is -2.22. The lowest BCUT2D eigenvalue weighted by molar-refractivity contribution is -0.116. The number of pyridine rings is 2. The molecule has 26 heavy (non-hydrogen) atoms. The number of nitrogens with one attached hydrogen (secondary N) is 2. The van der Waals surface area contributed by atoms with E-state index < -0.39 is 17.6 Å². The van der Waals surface area contributed by atoms with Crippen molar-refractivity contribution in [2.24, 2.45) is 11.5 Å². The van der Waals surface area contributed by atoms with Crippen molar-refractivity contribution >= 4 is 39.9 Å². The zero-order chi connectivity index (χ0) is 18.7. The number of aromatic nitrogens is 2. The topological polar surface area (TPSA) is 136 Å². The predicted molar refractivity (Wildman–Crippen MR) is 95.4 cm³/mol. The van der Waals surface area contributed by atoms with Crippen LogP contribution in [0.1, 0.15) is 10.4 Å². The molecule has 0 bridgehead atoms. The molecule has 2 amide bonds. The average molecular weight is 354 g/mol. The van der Waals surface area contributed by atoms with Gasteiger partial charge in [0.05, 0.1) is 34.4 Å². The van der Waals surface area contributed by atoms with Crippen LogP contribution in [0.5, 0.6) is 0 Å². The van der Waals surface area contributed by atoms with E-state index >= 15 is 0 Å². The number of hydrogen-bond donors (Lipinski definition) is 4. The van der Waals surface area contributed by atoms with Crippen molar-refractivity contribution < 1.29 is 14.0 Å². The van der Waals surface area contributed by atoms with E-state index in [0.717, 1.165) is 0 Å². The fraction of sp³-hybridized carbons (Fsp3) is 0.0588.